The van der Waals surface area contributed by atoms with Gasteiger partial charge >= 0.3 is 0 Å². The molecule has 0 saturated carbocycles. The highest BCUT2D eigenvalue weighted by atomic mass is 35.5. The molecule has 0 aromatic carbocycles. The molecule has 0 spiro atoms. The number of carbonyl (C=O) groups excluding carboxylic acids is 1. The number of nitrogens with zero attached hydrogens (tertiary/aromatic N) is 1. The standard InChI is InChI=1S/C10H18ClNO2/c1-3-9(11)10(14)12-5-4-8(6-12)7(2)13/h7-9,13H,3-6H2,1-2H3/t7-,8-,9-/m0/s1. The Morgan fingerprint density at radius 1 is 1.71 bits per heavy atom. The molecule has 1 N–H and O–H groups in total. The number of likely N-dealkylation sites (tertiary alicyclic amines) is 1. The fourth-order valence-electron chi connectivity index (χ4n) is 1.75. The van der Waals surface area contributed by atoms with E-state index in [0.717, 1.165) is 13.0 Å². The van der Waals surface area contributed by atoms with Crippen LogP contribution in [0.1, 0.15) is 26.7 Å². The van der Waals surface area contributed by atoms with Crippen LogP contribution in [0.5, 0.6) is 0 Å². The average Bonchev–Trinajstić information content (AvgIpc) is 2.64. The van der Waals surface area contributed by atoms with Gasteiger partial charge in [-0.2, -0.15) is 0 Å². The van der Waals surface area contributed by atoms with Gasteiger partial charge in [-0.3, -0.25) is 4.79 Å². The molecular weight excluding hydrogens is 202 g/mol. The van der Waals surface area contributed by atoms with Crippen molar-refractivity contribution in [2.45, 2.75) is 38.2 Å². The summed E-state index contributed by atoms with van der Waals surface area (Å²) in [4.78, 5) is 13.4. The van der Waals surface area contributed by atoms with Gasteiger partial charge in [0.1, 0.15) is 5.38 Å². The monoisotopic (exact) mass is 219 g/mol. The Labute approximate surface area is 90.0 Å². The van der Waals surface area contributed by atoms with Crippen molar-refractivity contribution in [1.82, 2.24) is 4.90 Å². The van der Waals surface area contributed by atoms with Crippen LogP contribution in [0.4, 0.5) is 0 Å². The molecule has 0 bridgehead atoms. The second-order valence-corrected chi connectivity index (χ2v) is 4.48. The first-order valence-corrected chi connectivity index (χ1v) is 5.60. The molecule has 1 fully saturated rings. The summed E-state index contributed by atoms with van der Waals surface area (Å²) in [7, 11) is 0. The lowest BCUT2D eigenvalue weighted by molar-refractivity contribution is -0.130. The van der Waals surface area contributed by atoms with Crippen LogP contribution in [-0.2, 0) is 4.79 Å². The van der Waals surface area contributed by atoms with Gasteiger partial charge in [0.25, 0.3) is 0 Å². The number of hydrogen-bond donors (Lipinski definition) is 1. The van der Waals surface area contributed by atoms with Crippen LogP contribution in [0, 0.1) is 5.92 Å². The molecule has 0 radical (unpaired) electrons. The van der Waals surface area contributed by atoms with Gasteiger partial charge in [-0.05, 0) is 19.8 Å². The Morgan fingerprint density at radius 3 is 2.79 bits per heavy atom. The number of amides is 1. The molecule has 0 unspecified atom stereocenters. The van der Waals surface area contributed by atoms with Crippen LogP contribution in [0.25, 0.3) is 0 Å². The summed E-state index contributed by atoms with van der Waals surface area (Å²) in [5.74, 6) is 0.233. The van der Waals surface area contributed by atoms with Crippen molar-refractivity contribution in [3.63, 3.8) is 0 Å². The molecule has 1 amide bonds. The summed E-state index contributed by atoms with van der Waals surface area (Å²) >= 11 is 5.87. The Kier molecular flexibility index (Phi) is 4.20. The zero-order valence-corrected chi connectivity index (χ0v) is 9.50. The lowest BCUT2D eigenvalue weighted by Gasteiger charge is -2.19. The smallest absolute Gasteiger partial charge is 0.240 e. The van der Waals surface area contributed by atoms with Gasteiger partial charge in [-0.25, -0.2) is 0 Å². The highest BCUT2D eigenvalue weighted by Gasteiger charge is 2.31. The summed E-state index contributed by atoms with van der Waals surface area (Å²) in [6.45, 7) is 5.06. The van der Waals surface area contributed by atoms with Crippen LogP contribution in [-0.4, -0.2) is 40.5 Å². The van der Waals surface area contributed by atoms with Gasteiger partial charge in [0.15, 0.2) is 0 Å². The van der Waals surface area contributed by atoms with Gasteiger partial charge in [0.2, 0.25) is 5.91 Å². The minimum atomic E-state index is -0.400. The van der Waals surface area contributed by atoms with Crippen LogP contribution in [0.3, 0.4) is 0 Å². The van der Waals surface area contributed by atoms with Crippen molar-refractivity contribution >= 4 is 17.5 Å². The Bertz CT molecular complexity index is 208. The average molecular weight is 220 g/mol. The van der Waals surface area contributed by atoms with E-state index in [1.165, 1.54) is 0 Å². The highest BCUT2D eigenvalue weighted by Crippen LogP contribution is 2.21. The maximum absolute atomic E-state index is 11.7. The molecule has 1 rings (SSSR count). The van der Waals surface area contributed by atoms with Gasteiger partial charge in [0.05, 0.1) is 6.10 Å². The lowest BCUT2D eigenvalue weighted by atomic mass is 10.0. The van der Waals surface area contributed by atoms with Crippen LogP contribution >= 0.6 is 11.6 Å². The minimum absolute atomic E-state index is 0.0114. The number of rotatable bonds is 3. The maximum atomic E-state index is 11.7. The number of alkyl halides is 1. The molecule has 1 aliphatic rings. The normalized spacial score (nSPS) is 26.3. The number of halogens is 1. The number of aliphatic hydroxyl groups excluding tert-OH is 1. The molecule has 0 aromatic rings. The second kappa shape index (κ2) is 4.99. The number of carbonyl (C=O) groups is 1. The van der Waals surface area contributed by atoms with Gasteiger partial charge in [0, 0.05) is 19.0 Å². The van der Waals surface area contributed by atoms with Crippen molar-refractivity contribution in [1.29, 1.82) is 0 Å². The molecule has 1 aliphatic heterocycles. The van der Waals surface area contributed by atoms with E-state index in [0.29, 0.717) is 13.0 Å². The van der Waals surface area contributed by atoms with E-state index in [9.17, 15) is 9.90 Å². The third-order valence-electron chi connectivity index (χ3n) is 2.84. The molecule has 82 valence electrons. The van der Waals surface area contributed by atoms with Crippen molar-refractivity contribution in [2.75, 3.05) is 13.1 Å². The summed E-state index contributed by atoms with van der Waals surface area (Å²) in [5.41, 5.74) is 0. The largest absolute Gasteiger partial charge is 0.393 e. The van der Waals surface area contributed by atoms with Crippen LogP contribution in [0.15, 0.2) is 0 Å². The Hall–Kier alpha value is -0.280. The topological polar surface area (TPSA) is 40.5 Å². The molecule has 1 saturated heterocycles. The van der Waals surface area contributed by atoms with E-state index < -0.39 is 5.38 Å². The Morgan fingerprint density at radius 2 is 2.36 bits per heavy atom. The maximum Gasteiger partial charge on any atom is 0.240 e. The van der Waals surface area contributed by atoms with E-state index in [4.69, 9.17) is 11.6 Å². The van der Waals surface area contributed by atoms with Gasteiger partial charge < -0.3 is 10.0 Å². The van der Waals surface area contributed by atoms with Crippen molar-refractivity contribution in [3.05, 3.63) is 0 Å². The highest BCUT2D eigenvalue weighted by molar-refractivity contribution is 6.30. The summed E-state index contributed by atoms with van der Waals surface area (Å²) in [6, 6.07) is 0. The summed E-state index contributed by atoms with van der Waals surface area (Å²) in [5, 5.41) is 8.98. The van der Waals surface area contributed by atoms with Crippen LogP contribution < -0.4 is 0 Å². The predicted molar refractivity (Wildman–Crippen MR) is 56.3 cm³/mol. The lowest BCUT2D eigenvalue weighted by Crippen LogP contribution is -2.35. The molecular formula is C10H18ClNO2. The first-order valence-electron chi connectivity index (χ1n) is 5.17. The molecule has 3 atom stereocenters. The second-order valence-electron chi connectivity index (χ2n) is 3.95. The third kappa shape index (κ3) is 2.61. The molecule has 3 nitrogen and oxygen atoms in total. The van der Waals surface area contributed by atoms with E-state index in [1.807, 2.05) is 6.92 Å². The van der Waals surface area contributed by atoms with Crippen LogP contribution in [0.2, 0.25) is 0 Å². The quantitative estimate of drug-likeness (QED) is 0.726. The fourth-order valence-corrected chi connectivity index (χ4v) is 1.89. The zero-order valence-electron chi connectivity index (χ0n) is 8.74. The molecule has 1 heterocycles. The molecule has 0 aliphatic carbocycles. The summed E-state index contributed by atoms with van der Waals surface area (Å²) < 4.78 is 0. The first kappa shape index (κ1) is 11.8. The fraction of sp³-hybridized carbons (Fsp3) is 0.900. The zero-order chi connectivity index (χ0) is 10.7. The number of hydrogen-bond acceptors (Lipinski definition) is 2. The van der Waals surface area contributed by atoms with Crippen molar-refractivity contribution in [3.8, 4) is 0 Å². The van der Waals surface area contributed by atoms with Crippen molar-refractivity contribution < 1.29 is 9.90 Å². The van der Waals surface area contributed by atoms with E-state index >= 15 is 0 Å². The molecule has 14 heavy (non-hydrogen) atoms. The summed E-state index contributed by atoms with van der Waals surface area (Å²) in [6.07, 6.45) is 1.22. The van der Waals surface area contributed by atoms with Gasteiger partial charge in [-0.1, -0.05) is 6.92 Å². The third-order valence-corrected chi connectivity index (χ3v) is 3.34. The SMILES string of the molecule is CC[C@H](Cl)C(=O)N1CC[C@H]([C@H](C)O)C1. The van der Waals surface area contributed by atoms with Gasteiger partial charge in [-0.15, -0.1) is 11.6 Å². The van der Waals surface area contributed by atoms with E-state index in [1.54, 1.807) is 11.8 Å². The van der Waals surface area contributed by atoms with E-state index in [2.05, 4.69) is 0 Å². The Balaban J connectivity index is 2.45. The minimum Gasteiger partial charge on any atom is -0.393 e. The van der Waals surface area contributed by atoms with Crippen molar-refractivity contribution in [2.24, 2.45) is 5.92 Å². The van der Waals surface area contributed by atoms with E-state index in [-0.39, 0.29) is 17.9 Å². The predicted octanol–water partition coefficient (Wildman–Crippen LogP) is 1.23. The molecule has 0 aromatic heterocycles. The first-order chi connectivity index (χ1) is 6.56. The molecule has 4 heteroatoms. The number of aliphatic hydroxyl groups is 1.